The van der Waals surface area contributed by atoms with Crippen LogP contribution in [-0.2, 0) is 23.8 Å². The molecule has 0 fully saturated rings. The number of nitrogens with two attached hydrogens (primary N) is 2. The third-order valence-corrected chi connectivity index (χ3v) is 2.16. The summed E-state index contributed by atoms with van der Waals surface area (Å²) in [7, 11) is 3.15. The zero-order valence-electron chi connectivity index (χ0n) is 15.1. The lowest BCUT2D eigenvalue weighted by molar-refractivity contribution is -0.146. The van der Waals surface area contributed by atoms with Gasteiger partial charge in [-0.05, 0) is 13.8 Å². The highest BCUT2D eigenvalue weighted by Gasteiger charge is 2.04. The lowest BCUT2D eigenvalue weighted by Crippen LogP contribution is -2.12. The topological polar surface area (TPSA) is 152 Å². The number of rotatable bonds is 9. The number of carbonyl (C=O) groups is 2. The molecule has 0 aliphatic carbocycles. The van der Waals surface area contributed by atoms with Gasteiger partial charge in [0.05, 0.1) is 13.2 Å². The van der Waals surface area contributed by atoms with Crippen molar-refractivity contribution in [2.24, 2.45) is 11.7 Å². The zero-order chi connectivity index (χ0) is 18.8. The van der Waals surface area contributed by atoms with Crippen LogP contribution in [0.2, 0.25) is 0 Å². The van der Waals surface area contributed by atoms with Gasteiger partial charge in [-0.1, -0.05) is 0 Å². The van der Waals surface area contributed by atoms with Gasteiger partial charge >= 0.3 is 5.97 Å². The molecule has 0 spiro atoms. The Bertz CT molecular complexity index is 445. The molecule has 1 rings (SSSR count). The molecule has 5 N–H and O–H groups in total. The lowest BCUT2D eigenvalue weighted by atomic mass is 10.3. The molecule has 0 aliphatic heterocycles. The molecule has 0 aliphatic rings. The summed E-state index contributed by atoms with van der Waals surface area (Å²) in [6.45, 7) is 4.98. The number of carbonyl (C=O) groups excluding carboxylic acids is 2. The van der Waals surface area contributed by atoms with Gasteiger partial charge in [-0.25, -0.2) is 0 Å². The quantitative estimate of drug-likeness (QED) is 0.177. The van der Waals surface area contributed by atoms with Crippen molar-refractivity contribution >= 4 is 24.2 Å². The van der Waals surface area contributed by atoms with Crippen molar-refractivity contribution in [3.63, 3.8) is 0 Å². The van der Waals surface area contributed by atoms with Crippen molar-refractivity contribution in [1.29, 1.82) is 0 Å². The van der Waals surface area contributed by atoms with Crippen molar-refractivity contribution in [1.82, 2.24) is 10.2 Å². The third kappa shape index (κ3) is 20.2. The molecular formula is C14H29ClN4O6. The Morgan fingerprint density at radius 2 is 1.68 bits per heavy atom. The summed E-state index contributed by atoms with van der Waals surface area (Å²) >= 11 is 0. The van der Waals surface area contributed by atoms with E-state index in [4.69, 9.17) is 9.47 Å². The first kappa shape index (κ1) is 28.1. The molecule has 0 bridgehead atoms. The van der Waals surface area contributed by atoms with Crippen molar-refractivity contribution in [2.45, 2.75) is 20.3 Å². The van der Waals surface area contributed by atoms with Crippen LogP contribution < -0.4 is 16.4 Å². The van der Waals surface area contributed by atoms with Gasteiger partial charge in [-0.3, -0.25) is 26.4 Å². The van der Waals surface area contributed by atoms with Crippen molar-refractivity contribution in [2.75, 3.05) is 40.6 Å². The van der Waals surface area contributed by atoms with Crippen LogP contribution in [0.25, 0.3) is 0 Å². The van der Waals surface area contributed by atoms with E-state index in [0.29, 0.717) is 25.7 Å². The molecule has 0 amide bonds. The van der Waals surface area contributed by atoms with E-state index in [9.17, 15) is 9.59 Å². The van der Waals surface area contributed by atoms with Crippen LogP contribution in [0, 0.1) is 6.92 Å². The second-order valence-corrected chi connectivity index (χ2v) is 4.32. The van der Waals surface area contributed by atoms with Crippen LogP contribution in [0.1, 0.15) is 19.0 Å². The highest BCUT2D eigenvalue weighted by Crippen LogP contribution is 2.05. The number of methoxy groups -OCH3 is 2. The van der Waals surface area contributed by atoms with Gasteiger partial charge in [0, 0.05) is 26.0 Å². The molecule has 1 aromatic heterocycles. The van der Waals surface area contributed by atoms with Crippen molar-refractivity contribution < 1.29 is 28.5 Å². The number of halogens is 1. The minimum atomic E-state index is -0.491. The van der Waals surface area contributed by atoms with E-state index in [1.807, 2.05) is 13.0 Å². The average molecular weight is 385 g/mol. The van der Waals surface area contributed by atoms with Crippen LogP contribution in [0.3, 0.4) is 0 Å². The molecule has 148 valence electrons. The number of aryl methyl sites for hydroxylation is 1. The number of ether oxygens (including phenoxy) is 4. The molecule has 1 heterocycles. The largest absolute Gasteiger partial charge is 0.474 e. The second kappa shape index (κ2) is 20.3. The minimum absolute atomic E-state index is 0. The van der Waals surface area contributed by atoms with Crippen LogP contribution in [-0.4, -0.2) is 62.6 Å². The number of Topliss-reactive ketones (excluding diaryl/α,β-unsaturated/α-hetero) is 1. The molecule has 0 atom stereocenters. The average Bonchev–Trinajstić information content (AvgIpc) is 2.95. The number of hydrazine groups is 1. The number of esters is 1. The van der Waals surface area contributed by atoms with Crippen molar-refractivity contribution in [3.05, 3.63) is 11.8 Å². The fourth-order valence-corrected chi connectivity index (χ4v) is 1.19. The number of aromatic nitrogens is 2. The minimum Gasteiger partial charge on any atom is -0.474 e. The zero-order valence-corrected chi connectivity index (χ0v) is 15.9. The molecule has 10 nitrogen and oxygen atoms in total. The molecule has 0 unspecified atom stereocenters. The first-order valence-corrected chi connectivity index (χ1v) is 7.10. The first-order chi connectivity index (χ1) is 11.5. The smallest absolute Gasteiger partial charge is 0.313 e. The van der Waals surface area contributed by atoms with E-state index in [1.54, 1.807) is 7.11 Å². The van der Waals surface area contributed by atoms with E-state index in [2.05, 4.69) is 31.4 Å². The molecule has 0 radical (unpaired) electrons. The predicted molar refractivity (Wildman–Crippen MR) is 94.5 cm³/mol. The summed E-state index contributed by atoms with van der Waals surface area (Å²) in [5, 5.41) is 6.66. The van der Waals surface area contributed by atoms with Gasteiger partial charge in [-0.15, -0.1) is 17.5 Å². The van der Waals surface area contributed by atoms with E-state index in [-0.39, 0.29) is 31.2 Å². The standard InChI is InChI=1S/C7H12N2O2.C7H12O4.ClH.H4N2/c1-6-5-7(9-8-6)11-4-3-10-2;1-6(8)5-7(9)11-4-3-10-2;;1-2/h5H,3-4H2,1-2H3,(H,8,9);3-5H2,1-2H3;1H;1-2H2. The SMILES string of the molecule is COCCOC(=O)CC(C)=O.COCCOc1cc(C)[nH]n1.Cl.NN. The summed E-state index contributed by atoms with van der Waals surface area (Å²) in [5.74, 6) is 7.95. The number of H-pyrrole nitrogens is 1. The molecule has 11 heteroatoms. The Morgan fingerprint density at radius 1 is 1.12 bits per heavy atom. The molecule has 1 aromatic rings. The van der Waals surface area contributed by atoms with E-state index in [0.717, 1.165) is 5.69 Å². The Morgan fingerprint density at radius 3 is 2.12 bits per heavy atom. The molecule has 0 aromatic carbocycles. The van der Waals surface area contributed by atoms with Crippen LogP contribution in [0.4, 0.5) is 0 Å². The molecule has 0 saturated heterocycles. The summed E-state index contributed by atoms with van der Waals surface area (Å²) < 4.78 is 19.3. The highest BCUT2D eigenvalue weighted by molar-refractivity contribution is 5.94. The Hall–Kier alpha value is -1.72. The number of ketones is 1. The Balaban J connectivity index is -0.000000340. The van der Waals surface area contributed by atoms with Crippen molar-refractivity contribution in [3.8, 4) is 5.88 Å². The highest BCUT2D eigenvalue weighted by atomic mass is 35.5. The second-order valence-electron chi connectivity index (χ2n) is 4.32. The third-order valence-electron chi connectivity index (χ3n) is 2.16. The van der Waals surface area contributed by atoms with Crippen LogP contribution in [0.5, 0.6) is 5.88 Å². The summed E-state index contributed by atoms with van der Waals surface area (Å²) in [6.07, 6.45) is -0.149. The van der Waals surface area contributed by atoms with Gasteiger partial charge in [0.15, 0.2) is 0 Å². The fraction of sp³-hybridized carbons (Fsp3) is 0.643. The summed E-state index contributed by atoms with van der Waals surface area (Å²) in [5.41, 5.74) is 0.998. The van der Waals surface area contributed by atoms with Gasteiger partial charge in [0.25, 0.3) is 0 Å². The monoisotopic (exact) mass is 384 g/mol. The Labute approximate surface area is 153 Å². The van der Waals surface area contributed by atoms with Crippen LogP contribution >= 0.6 is 12.4 Å². The number of nitrogens with zero attached hydrogens (tertiary/aromatic N) is 1. The van der Waals surface area contributed by atoms with Gasteiger partial charge in [0.2, 0.25) is 5.88 Å². The number of nitrogens with one attached hydrogen (secondary N) is 1. The van der Waals surface area contributed by atoms with Gasteiger partial charge in [0.1, 0.15) is 25.4 Å². The van der Waals surface area contributed by atoms with E-state index < -0.39 is 5.97 Å². The number of hydrogen-bond acceptors (Lipinski definition) is 9. The maximum atomic E-state index is 10.6. The number of aromatic amines is 1. The van der Waals surface area contributed by atoms with Crippen LogP contribution in [0.15, 0.2) is 6.07 Å². The number of hydrogen-bond donors (Lipinski definition) is 3. The van der Waals surface area contributed by atoms with Gasteiger partial charge in [-0.2, -0.15) is 0 Å². The maximum absolute atomic E-state index is 10.6. The lowest BCUT2D eigenvalue weighted by Gasteiger charge is -2.00. The van der Waals surface area contributed by atoms with Gasteiger partial charge < -0.3 is 18.9 Å². The predicted octanol–water partition coefficient (Wildman–Crippen LogP) is 0.139. The van der Waals surface area contributed by atoms with E-state index in [1.165, 1.54) is 14.0 Å². The first-order valence-electron chi connectivity index (χ1n) is 7.10. The summed E-state index contributed by atoms with van der Waals surface area (Å²) in [4.78, 5) is 21.0. The molecular weight excluding hydrogens is 356 g/mol. The molecule has 0 saturated carbocycles. The normalized spacial score (nSPS) is 8.72. The van der Waals surface area contributed by atoms with E-state index >= 15 is 0 Å². The fourth-order valence-electron chi connectivity index (χ4n) is 1.19. The summed E-state index contributed by atoms with van der Waals surface area (Å²) in [6, 6.07) is 1.84. The molecule has 25 heavy (non-hydrogen) atoms. The maximum Gasteiger partial charge on any atom is 0.313 e. The Kier molecular flexibility index (Phi) is 22.8.